The lowest BCUT2D eigenvalue weighted by Gasteiger charge is -2.32. The molecule has 1 aliphatic carbocycles. The van der Waals surface area contributed by atoms with Crippen LogP contribution in [-0.4, -0.2) is 43.7 Å². The molecule has 2 aromatic rings. The first-order valence-corrected chi connectivity index (χ1v) is 11.8. The minimum absolute atomic E-state index is 0.100. The molecule has 1 saturated heterocycles. The van der Waals surface area contributed by atoms with Crippen molar-refractivity contribution in [1.29, 1.82) is 0 Å². The van der Waals surface area contributed by atoms with E-state index in [0.717, 1.165) is 24.8 Å². The van der Waals surface area contributed by atoms with Gasteiger partial charge in [0.05, 0.1) is 4.90 Å². The van der Waals surface area contributed by atoms with Crippen LogP contribution in [0.25, 0.3) is 0 Å². The summed E-state index contributed by atoms with van der Waals surface area (Å²) in [6.07, 6.45) is 4.25. The topological polar surface area (TPSA) is 57.7 Å². The molecule has 6 heteroatoms. The maximum absolute atomic E-state index is 13.1. The Kier molecular flexibility index (Phi) is 5.74. The Labute approximate surface area is 173 Å². The predicted octanol–water partition coefficient (Wildman–Crippen LogP) is 3.23. The van der Waals surface area contributed by atoms with Gasteiger partial charge in [-0.3, -0.25) is 4.79 Å². The van der Waals surface area contributed by atoms with Crippen molar-refractivity contribution in [1.82, 2.24) is 9.21 Å². The normalized spacial score (nSPS) is 17.8. The van der Waals surface area contributed by atoms with Crippen molar-refractivity contribution in [2.45, 2.75) is 43.5 Å². The molecule has 154 valence electrons. The van der Waals surface area contributed by atoms with E-state index >= 15 is 0 Å². The second-order valence-corrected chi connectivity index (χ2v) is 10.1. The van der Waals surface area contributed by atoms with Gasteiger partial charge in [0.1, 0.15) is 0 Å². The molecule has 0 aromatic heterocycles. The maximum Gasteiger partial charge on any atom is 0.243 e. The molecule has 0 N–H and O–H groups in total. The van der Waals surface area contributed by atoms with Crippen molar-refractivity contribution in [2.24, 2.45) is 5.92 Å². The molecule has 0 atom stereocenters. The number of carbonyl (C=O) groups excluding carboxylic acids is 1. The van der Waals surface area contributed by atoms with E-state index in [1.165, 1.54) is 11.1 Å². The van der Waals surface area contributed by atoms with E-state index < -0.39 is 10.0 Å². The summed E-state index contributed by atoms with van der Waals surface area (Å²) < 4.78 is 27.7. The van der Waals surface area contributed by atoms with E-state index in [-0.39, 0.29) is 11.8 Å². The van der Waals surface area contributed by atoms with Crippen molar-refractivity contribution in [3.8, 4) is 0 Å². The maximum atomic E-state index is 13.1. The Balaban J connectivity index is 1.38. The highest BCUT2D eigenvalue weighted by atomic mass is 32.2. The summed E-state index contributed by atoms with van der Waals surface area (Å²) in [6, 6.07) is 15.5. The van der Waals surface area contributed by atoms with Gasteiger partial charge in [0, 0.05) is 32.6 Å². The largest absolute Gasteiger partial charge is 0.341 e. The van der Waals surface area contributed by atoms with Gasteiger partial charge in [-0.2, -0.15) is 4.31 Å². The van der Waals surface area contributed by atoms with Crippen LogP contribution in [0.3, 0.4) is 0 Å². The van der Waals surface area contributed by atoms with Crippen LogP contribution in [0.1, 0.15) is 36.0 Å². The number of sulfonamides is 1. The van der Waals surface area contributed by atoms with Gasteiger partial charge in [-0.15, -0.1) is 0 Å². The molecule has 0 unspecified atom stereocenters. The zero-order valence-corrected chi connectivity index (χ0v) is 17.7. The van der Waals surface area contributed by atoms with E-state index in [9.17, 15) is 13.2 Å². The summed E-state index contributed by atoms with van der Waals surface area (Å²) in [5.41, 5.74) is 3.54. The highest BCUT2D eigenvalue weighted by Gasteiger charge is 2.33. The third kappa shape index (κ3) is 4.23. The Bertz CT molecular complexity index is 980. The molecule has 0 bridgehead atoms. The first-order chi connectivity index (χ1) is 13.9. The minimum Gasteiger partial charge on any atom is -0.341 e. The Morgan fingerprint density at radius 2 is 1.72 bits per heavy atom. The summed E-state index contributed by atoms with van der Waals surface area (Å²) >= 11 is 0. The van der Waals surface area contributed by atoms with Crippen molar-refractivity contribution in [3.63, 3.8) is 0 Å². The SMILES string of the molecule is CN(Cc1ccccc1)C(=O)C1CCN(S(=O)(=O)c2ccc3c(c2)CCC3)CC1. The number of piperidine rings is 1. The average Bonchev–Trinajstić information content (AvgIpc) is 3.22. The van der Waals surface area contributed by atoms with Crippen LogP contribution in [0.5, 0.6) is 0 Å². The lowest BCUT2D eigenvalue weighted by molar-refractivity contribution is -0.135. The molecular formula is C23H28N2O3S. The molecule has 0 spiro atoms. The fraction of sp³-hybridized carbons (Fsp3) is 0.435. The van der Waals surface area contributed by atoms with Gasteiger partial charge in [0.15, 0.2) is 0 Å². The fourth-order valence-electron chi connectivity index (χ4n) is 4.45. The van der Waals surface area contributed by atoms with Gasteiger partial charge in [0.2, 0.25) is 15.9 Å². The fourth-order valence-corrected chi connectivity index (χ4v) is 5.97. The molecular weight excluding hydrogens is 384 g/mol. The Morgan fingerprint density at radius 1 is 1.03 bits per heavy atom. The summed E-state index contributed by atoms with van der Waals surface area (Å²) in [7, 11) is -1.67. The number of amides is 1. The Hall–Kier alpha value is -2.18. The van der Waals surface area contributed by atoms with Crippen LogP contribution < -0.4 is 0 Å². The number of nitrogens with zero attached hydrogens (tertiary/aromatic N) is 2. The third-order valence-electron chi connectivity index (χ3n) is 6.15. The lowest BCUT2D eigenvalue weighted by Crippen LogP contribution is -2.43. The summed E-state index contributed by atoms with van der Waals surface area (Å²) in [6.45, 7) is 1.37. The van der Waals surface area contributed by atoms with Crippen LogP contribution in [0, 0.1) is 5.92 Å². The molecule has 1 amide bonds. The molecule has 2 aromatic carbocycles. The third-order valence-corrected chi connectivity index (χ3v) is 8.04. The van der Waals surface area contributed by atoms with Gasteiger partial charge in [-0.05, 0) is 60.9 Å². The number of benzene rings is 2. The van der Waals surface area contributed by atoms with E-state index in [4.69, 9.17) is 0 Å². The molecule has 29 heavy (non-hydrogen) atoms. The number of rotatable bonds is 5. The van der Waals surface area contributed by atoms with Gasteiger partial charge in [0.25, 0.3) is 0 Å². The van der Waals surface area contributed by atoms with Crippen LogP contribution in [0.15, 0.2) is 53.4 Å². The number of hydrogen-bond donors (Lipinski definition) is 0. The number of aryl methyl sites for hydroxylation is 2. The first kappa shape index (κ1) is 20.1. The van der Waals surface area contributed by atoms with Gasteiger partial charge in [-0.1, -0.05) is 36.4 Å². The summed E-state index contributed by atoms with van der Waals surface area (Å²) in [5.74, 6) is -0.0152. The number of hydrogen-bond acceptors (Lipinski definition) is 3. The molecule has 0 saturated carbocycles. The van der Waals surface area contributed by atoms with Crippen molar-refractivity contribution in [2.75, 3.05) is 20.1 Å². The highest BCUT2D eigenvalue weighted by molar-refractivity contribution is 7.89. The molecule has 2 aliphatic rings. The molecule has 0 radical (unpaired) electrons. The number of fused-ring (bicyclic) bond motifs is 1. The van der Waals surface area contributed by atoms with Crippen LogP contribution >= 0.6 is 0 Å². The Morgan fingerprint density at radius 3 is 2.45 bits per heavy atom. The molecule has 4 rings (SSSR count). The van der Waals surface area contributed by atoms with Crippen molar-refractivity contribution in [3.05, 3.63) is 65.2 Å². The summed E-state index contributed by atoms with van der Waals surface area (Å²) in [4.78, 5) is 15.0. The zero-order chi connectivity index (χ0) is 20.4. The number of carbonyl (C=O) groups is 1. The van der Waals surface area contributed by atoms with Crippen molar-refractivity contribution >= 4 is 15.9 Å². The standard InChI is InChI=1S/C23H28N2O3S/c1-24(17-18-6-3-2-4-7-18)23(26)20-12-14-25(15-13-20)29(27,28)22-11-10-19-8-5-9-21(19)16-22/h2-4,6-7,10-11,16,20H,5,8-9,12-15,17H2,1H3. The van der Waals surface area contributed by atoms with Crippen LogP contribution in [0.4, 0.5) is 0 Å². The molecule has 1 heterocycles. The lowest BCUT2D eigenvalue weighted by atomic mass is 9.96. The second-order valence-electron chi connectivity index (χ2n) is 8.14. The molecule has 1 fully saturated rings. The van der Waals surface area contributed by atoms with E-state index in [2.05, 4.69) is 0 Å². The predicted molar refractivity (Wildman–Crippen MR) is 113 cm³/mol. The van der Waals surface area contributed by atoms with E-state index in [1.54, 1.807) is 15.3 Å². The van der Waals surface area contributed by atoms with E-state index in [0.29, 0.717) is 37.4 Å². The quantitative estimate of drug-likeness (QED) is 0.758. The zero-order valence-electron chi connectivity index (χ0n) is 16.9. The monoisotopic (exact) mass is 412 g/mol. The second kappa shape index (κ2) is 8.28. The van der Waals surface area contributed by atoms with Gasteiger partial charge in [-0.25, -0.2) is 8.42 Å². The van der Waals surface area contributed by atoms with Crippen molar-refractivity contribution < 1.29 is 13.2 Å². The van der Waals surface area contributed by atoms with Crippen LogP contribution in [-0.2, 0) is 34.2 Å². The van der Waals surface area contributed by atoms with E-state index in [1.807, 2.05) is 49.5 Å². The van der Waals surface area contributed by atoms with Gasteiger partial charge < -0.3 is 4.90 Å². The summed E-state index contributed by atoms with van der Waals surface area (Å²) in [5, 5.41) is 0. The molecule has 1 aliphatic heterocycles. The average molecular weight is 413 g/mol. The highest BCUT2D eigenvalue weighted by Crippen LogP contribution is 2.29. The molecule has 5 nitrogen and oxygen atoms in total. The minimum atomic E-state index is -3.49. The first-order valence-electron chi connectivity index (χ1n) is 10.4. The van der Waals surface area contributed by atoms with Crippen LogP contribution in [0.2, 0.25) is 0 Å². The van der Waals surface area contributed by atoms with Gasteiger partial charge >= 0.3 is 0 Å². The smallest absolute Gasteiger partial charge is 0.243 e.